The minimum Gasteiger partial charge on any atom is -0.504 e. The Kier molecular flexibility index (Phi) is 42.6. The lowest BCUT2D eigenvalue weighted by atomic mass is 10.0. The molecule has 2 amide bonds. The van der Waals surface area contributed by atoms with Gasteiger partial charge in [0.1, 0.15) is 41.1 Å². The molecule has 6 atom stereocenters. The lowest BCUT2D eigenvalue weighted by Gasteiger charge is -2.21. The van der Waals surface area contributed by atoms with Crippen molar-refractivity contribution in [3.63, 3.8) is 0 Å². The van der Waals surface area contributed by atoms with E-state index >= 15 is 0 Å². The smallest absolute Gasteiger partial charge is 0.407 e. The first kappa shape index (κ1) is 105. The van der Waals surface area contributed by atoms with Crippen molar-refractivity contribution in [2.45, 2.75) is 157 Å². The van der Waals surface area contributed by atoms with E-state index in [2.05, 4.69) is 26.6 Å². The number of phenolic OH excluding ortho intramolecular Hbond substituents is 1. The van der Waals surface area contributed by atoms with Crippen LogP contribution in [0.1, 0.15) is 174 Å². The first-order chi connectivity index (χ1) is 61.5. The second kappa shape index (κ2) is 52.2. The quantitative estimate of drug-likeness (QED) is 0.0205. The molecule has 3 aliphatic rings. The lowest BCUT2D eigenvalue weighted by Crippen LogP contribution is -2.28. The largest absolute Gasteiger partial charge is 0.504 e. The molecular formula is C93H124BrN3O28S3. The van der Waals surface area contributed by atoms with Crippen molar-refractivity contribution in [3.05, 3.63) is 178 Å². The van der Waals surface area contributed by atoms with Crippen LogP contribution in [-0.4, -0.2) is 183 Å². The van der Waals surface area contributed by atoms with Crippen molar-refractivity contribution in [1.29, 1.82) is 0 Å². The van der Waals surface area contributed by atoms with Crippen LogP contribution < -0.4 is 82.7 Å². The van der Waals surface area contributed by atoms with Gasteiger partial charge in [-0.15, -0.1) is 0 Å². The third kappa shape index (κ3) is 29.8. The van der Waals surface area contributed by atoms with Gasteiger partial charge in [0.2, 0.25) is 17.2 Å². The molecule has 0 spiro atoms. The fourth-order valence-electron chi connectivity index (χ4n) is 13.9. The lowest BCUT2D eigenvalue weighted by molar-refractivity contribution is 0.0433. The zero-order chi connectivity index (χ0) is 93.7. The van der Waals surface area contributed by atoms with Gasteiger partial charge in [-0.05, 0) is 175 Å². The van der Waals surface area contributed by atoms with Crippen molar-refractivity contribution in [2.24, 2.45) is 5.73 Å². The number of halogens is 1. The number of sulfone groups is 3. The minimum absolute atomic E-state index is 0.0125. The second-order valence-corrected chi connectivity index (χ2v) is 35.8. The molecule has 704 valence electrons. The standard InChI is InChI=1S/C33H41NO10S.C25H35NO8S.C23H30O8S.C10H12BrNO2.C2H6/c1-6-15-42-32-29(41-16-14-34-33(35)43-21-22-10-8-7-9-11-22)19-24(20-30(32)45(5,36)37)26-13-12-25(44-26)23-17-27(38-2)31(40-4)28(18-23)39-3;1-6-10-33-25-22(32-11-9-26)14-17(15-23(25)35(5,27)28)19-8-7-18(34-19)16-12-20(29-2)24(31-4)21(13-16)30-3;1-6-9-30-22-16(24)10-14(13-21(22)32(5,25)26)17-7-8-18(31-17)15-11-19(27-2)23(29-4)20(12-15)28-3;11-6-7-12-10(13)14-8-9-4-2-1-3-5-9;1-2/h7-11,17-20,25-26H,6,12-16,21H2,1-5H3,(H,34,35);12-15,18-19H,6-11,26H2,1-5H3;10-13,17-18,24H,6-9H2,1-5H3;1-5H,6-8H2,(H,12,13);1-2H3/t25-,26-;18-,19-;17-,18-;;/m000../s1. The average molecular weight is 1910 g/mol. The number of carbonyl (C=O) groups is 2. The van der Waals surface area contributed by atoms with Gasteiger partial charge >= 0.3 is 12.2 Å². The first-order valence-electron chi connectivity index (χ1n) is 42.0. The Morgan fingerprint density at radius 2 is 0.648 bits per heavy atom. The molecule has 11 rings (SSSR count). The summed E-state index contributed by atoms with van der Waals surface area (Å²) < 4.78 is 183. The number of aromatic hydroxyl groups is 1. The molecule has 0 aromatic heterocycles. The van der Waals surface area contributed by atoms with E-state index in [1.165, 1.54) is 12.1 Å². The molecule has 5 N–H and O–H groups in total. The summed E-state index contributed by atoms with van der Waals surface area (Å²) in [6.07, 6.45) is 6.66. The van der Waals surface area contributed by atoms with Crippen molar-refractivity contribution in [2.75, 3.05) is 141 Å². The van der Waals surface area contributed by atoms with E-state index in [1.807, 2.05) is 132 Å². The molecule has 31 nitrogen and oxygen atoms in total. The molecule has 0 saturated carbocycles. The van der Waals surface area contributed by atoms with Gasteiger partial charge in [0, 0.05) is 37.2 Å². The van der Waals surface area contributed by atoms with E-state index in [0.717, 1.165) is 64.8 Å². The fourth-order valence-corrected chi connectivity index (χ4v) is 16.6. The highest BCUT2D eigenvalue weighted by molar-refractivity contribution is 9.09. The summed E-state index contributed by atoms with van der Waals surface area (Å²) in [6, 6.07) is 39.8. The van der Waals surface area contributed by atoms with E-state index in [0.29, 0.717) is 152 Å². The highest BCUT2D eigenvalue weighted by atomic mass is 79.9. The Labute approximate surface area is 761 Å². The molecule has 8 aromatic rings. The monoisotopic (exact) mass is 1910 g/mol. The van der Waals surface area contributed by atoms with Crippen LogP contribution >= 0.6 is 15.9 Å². The van der Waals surface area contributed by atoms with Crippen molar-refractivity contribution in [1.82, 2.24) is 10.6 Å². The summed E-state index contributed by atoms with van der Waals surface area (Å²) in [7, 11) is 3.07. The number of hydrogen-bond acceptors (Lipinski definition) is 29. The van der Waals surface area contributed by atoms with Gasteiger partial charge in [0.15, 0.2) is 98.5 Å². The third-order valence-electron chi connectivity index (χ3n) is 19.8. The predicted molar refractivity (Wildman–Crippen MR) is 488 cm³/mol. The summed E-state index contributed by atoms with van der Waals surface area (Å²) >= 11 is 3.20. The fraction of sp³-hybridized carbons (Fsp3) is 0.462. The Balaban J connectivity index is 0.000000245. The SMILES string of the molecule is CC.CCCOc1c(O)cc([C@@H]2CC[C@@H](c3cc(OC)c(OC)c(OC)c3)O2)cc1S(C)(=O)=O.CCCOc1c(OCCN)cc([C@@H]2CC[C@@H](c3cc(OC)c(OC)c(OC)c3)O2)cc1S(C)(=O)=O.CCCOc1c(OCCNC(=O)OCc2ccccc2)cc([C@@H]2CC[C@@H](c3cc(OC)c(OC)c(OC)c3)O2)cc1S(C)(=O)=O.O=C(NCCBr)OCc1ccccc1. The topological polar surface area (TPSA) is 382 Å². The number of ether oxygens (including phenoxy) is 19. The number of nitrogens with two attached hydrogens (primary N) is 1. The van der Waals surface area contributed by atoms with Gasteiger partial charge in [-0.3, -0.25) is 0 Å². The Bertz CT molecular complexity index is 5130. The highest BCUT2D eigenvalue weighted by Gasteiger charge is 2.37. The number of carbonyl (C=O) groups excluding carboxylic acids is 2. The van der Waals surface area contributed by atoms with Gasteiger partial charge in [0.05, 0.1) is 127 Å². The number of hydrogen-bond donors (Lipinski definition) is 4. The van der Waals surface area contributed by atoms with Crippen molar-refractivity contribution < 1.29 is 130 Å². The molecule has 3 fully saturated rings. The molecule has 3 aliphatic heterocycles. The van der Waals surface area contributed by atoms with E-state index in [4.69, 9.17) is 95.7 Å². The molecule has 0 radical (unpaired) electrons. The average Bonchev–Trinajstić information content (AvgIpc) is 1.23. The number of benzene rings is 8. The number of methoxy groups -OCH3 is 9. The molecule has 3 heterocycles. The number of alkyl carbamates (subject to hydrolysis) is 2. The molecular weight excluding hydrogens is 1780 g/mol. The summed E-state index contributed by atoms with van der Waals surface area (Å²) in [5.74, 6) is 5.40. The Morgan fingerprint density at radius 1 is 0.375 bits per heavy atom. The van der Waals surface area contributed by atoms with E-state index in [1.54, 1.807) is 88.3 Å². The van der Waals surface area contributed by atoms with E-state index in [-0.39, 0.29) is 113 Å². The minimum atomic E-state index is -3.70. The first-order valence-corrected chi connectivity index (χ1v) is 48.8. The van der Waals surface area contributed by atoms with Gasteiger partial charge in [0.25, 0.3) is 0 Å². The summed E-state index contributed by atoms with van der Waals surface area (Å²) in [6.45, 7) is 12.5. The van der Waals surface area contributed by atoms with Crippen LogP contribution in [0.5, 0.6) is 86.2 Å². The molecule has 35 heteroatoms. The number of nitrogens with one attached hydrogen (secondary N) is 2. The maximum Gasteiger partial charge on any atom is 0.407 e. The third-order valence-corrected chi connectivity index (χ3v) is 23.5. The highest BCUT2D eigenvalue weighted by Crippen LogP contribution is 2.52. The molecule has 3 saturated heterocycles. The van der Waals surface area contributed by atoms with E-state index < -0.39 is 41.7 Å². The second-order valence-electron chi connectivity index (χ2n) is 29.0. The van der Waals surface area contributed by atoms with Crippen LogP contribution in [0.2, 0.25) is 0 Å². The van der Waals surface area contributed by atoms with Crippen LogP contribution in [0.3, 0.4) is 0 Å². The Morgan fingerprint density at radius 3 is 0.930 bits per heavy atom. The summed E-state index contributed by atoms with van der Waals surface area (Å²) in [5.41, 5.74) is 12.0. The molecule has 0 aliphatic carbocycles. The van der Waals surface area contributed by atoms with Gasteiger partial charge in [-0.1, -0.05) is 111 Å². The van der Waals surface area contributed by atoms with E-state index in [9.17, 15) is 39.9 Å². The predicted octanol–water partition coefficient (Wildman–Crippen LogP) is 17.2. The Hall–Kier alpha value is -10.5. The van der Waals surface area contributed by atoms with Crippen LogP contribution in [0.25, 0.3) is 0 Å². The maximum absolute atomic E-state index is 12.9. The summed E-state index contributed by atoms with van der Waals surface area (Å²) in [5, 5.41) is 16.5. The molecule has 0 unspecified atom stereocenters. The van der Waals surface area contributed by atoms with Gasteiger partial charge < -0.3 is 111 Å². The summed E-state index contributed by atoms with van der Waals surface area (Å²) in [4.78, 5) is 23.3. The zero-order valence-electron chi connectivity index (χ0n) is 76.0. The maximum atomic E-state index is 12.9. The molecule has 8 aromatic carbocycles. The molecule has 128 heavy (non-hydrogen) atoms. The number of amides is 2. The molecule has 0 bridgehead atoms. The number of rotatable bonds is 40. The number of phenols is 1. The zero-order valence-corrected chi connectivity index (χ0v) is 80.0. The van der Waals surface area contributed by atoms with Gasteiger partial charge in [-0.25, -0.2) is 34.8 Å². The van der Waals surface area contributed by atoms with Crippen LogP contribution in [0.15, 0.2) is 148 Å². The normalized spacial score (nSPS) is 16.2. The van der Waals surface area contributed by atoms with Crippen LogP contribution in [-0.2, 0) is 66.4 Å². The van der Waals surface area contributed by atoms with Crippen LogP contribution in [0.4, 0.5) is 9.59 Å². The van der Waals surface area contributed by atoms with Gasteiger partial charge in [-0.2, -0.15) is 0 Å². The van der Waals surface area contributed by atoms with Crippen LogP contribution in [0, 0.1) is 0 Å². The number of alkyl halides is 1. The van der Waals surface area contributed by atoms with Crippen molar-refractivity contribution >= 4 is 57.6 Å². The van der Waals surface area contributed by atoms with Crippen molar-refractivity contribution in [3.8, 4) is 86.2 Å².